The van der Waals surface area contributed by atoms with Gasteiger partial charge >= 0.3 is 11.1 Å². The molecular formula is C17H24N4O3. The second-order valence-corrected chi connectivity index (χ2v) is 7.24. The van der Waals surface area contributed by atoms with Crippen molar-refractivity contribution in [3.05, 3.63) is 32.8 Å². The minimum atomic E-state index is -0.604. The van der Waals surface area contributed by atoms with Crippen LogP contribution in [0.3, 0.4) is 0 Å². The fraction of sp³-hybridized carbons (Fsp3) is 0.588. The van der Waals surface area contributed by atoms with E-state index in [1.54, 1.807) is 16.7 Å². The number of nitrogens with one attached hydrogen (secondary N) is 1. The highest BCUT2D eigenvalue weighted by molar-refractivity contribution is 5.70. The molecule has 3 rings (SSSR count). The van der Waals surface area contributed by atoms with E-state index in [0.29, 0.717) is 17.0 Å². The average molecular weight is 332 g/mol. The van der Waals surface area contributed by atoms with E-state index in [-0.39, 0.29) is 11.6 Å². The molecular weight excluding hydrogens is 308 g/mol. The number of ether oxygens (including phenoxy) is 1. The number of aromatic nitrogens is 3. The summed E-state index contributed by atoms with van der Waals surface area (Å²) in [5.41, 5.74) is -0.00911. The summed E-state index contributed by atoms with van der Waals surface area (Å²) in [4.78, 5) is 33.9. The van der Waals surface area contributed by atoms with E-state index in [4.69, 9.17) is 4.74 Å². The smallest absolute Gasteiger partial charge is 0.318 e. The van der Waals surface area contributed by atoms with Gasteiger partial charge in [-0.25, -0.2) is 0 Å². The van der Waals surface area contributed by atoms with Crippen molar-refractivity contribution in [2.45, 2.75) is 45.2 Å². The summed E-state index contributed by atoms with van der Waals surface area (Å²) in [5, 5.41) is 0. The molecule has 7 heteroatoms. The number of hydrogen-bond acceptors (Lipinski definition) is 5. The number of nitrogens with zero attached hydrogens (tertiary/aromatic N) is 3. The molecule has 1 N–H and O–H groups in total. The Morgan fingerprint density at radius 1 is 1.21 bits per heavy atom. The topological polar surface area (TPSA) is 80.2 Å². The molecule has 0 saturated carbocycles. The van der Waals surface area contributed by atoms with Gasteiger partial charge < -0.3 is 9.72 Å². The lowest BCUT2D eigenvalue weighted by molar-refractivity contribution is 0.0898. The van der Waals surface area contributed by atoms with Gasteiger partial charge in [0, 0.05) is 30.7 Å². The van der Waals surface area contributed by atoms with Gasteiger partial charge in [0.25, 0.3) is 0 Å². The van der Waals surface area contributed by atoms with Gasteiger partial charge in [0.15, 0.2) is 5.65 Å². The highest BCUT2D eigenvalue weighted by atomic mass is 16.5. The normalized spacial score (nSPS) is 17.3. The molecule has 2 aromatic rings. The summed E-state index contributed by atoms with van der Waals surface area (Å²) in [7, 11) is 1.53. The van der Waals surface area contributed by atoms with E-state index in [1.165, 1.54) is 7.11 Å². The van der Waals surface area contributed by atoms with Crippen LogP contribution in [-0.4, -0.2) is 45.2 Å². The number of fused-ring (bicyclic) bond motifs is 1. The first kappa shape index (κ1) is 16.7. The third kappa shape index (κ3) is 2.96. The molecule has 0 atom stereocenters. The number of H-pyrrole nitrogens is 1. The maximum Gasteiger partial charge on any atom is 0.318 e. The van der Waals surface area contributed by atoms with Crippen molar-refractivity contribution in [3.63, 3.8) is 0 Å². The SMILES string of the molecule is COc1ccc2[nH]c(=O)c(=O)n(C3CCN(C(C)(C)C)CC3)c2n1. The molecule has 24 heavy (non-hydrogen) atoms. The zero-order valence-electron chi connectivity index (χ0n) is 14.6. The Morgan fingerprint density at radius 3 is 2.46 bits per heavy atom. The van der Waals surface area contributed by atoms with E-state index >= 15 is 0 Å². The molecule has 0 unspecified atom stereocenters. The summed E-state index contributed by atoms with van der Waals surface area (Å²) in [5.74, 6) is 0.426. The lowest BCUT2D eigenvalue weighted by Gasteiger charge is -2.41. The van der Waals surface area contributed by atoms with Gasteiger partial charge in [0.1, 0.15) is 0 Å². The fourth-order valence-electron chi connectivity index (χ4n) is 3.34. The molecule has 1 aliphatic rings. The molecule has 0 spiro atoms. The summed E-state index contributed by atoms with van der Waals surface area (Å²) < 4.78 is 6.72. The molecule has 2 aromatic heterocycles. The largest absolute Gasteiger partial charge is 0.481 e. The lowest BCUT2D eigenvalue weighted by atomic mass is 9.98. The number of likely N-dealkylation sites (tertiary alicyclic amines) is 1. The maximum absolute atomic E-state index is 12.5. The third-order valence-electron chi connectivity index (χ3n) is 4.73. The van der Waals surface area contributed by atoms with Crippen molar-refractivity contribution in [2.75, 3.05) is 20.2 Å². The number of rotatable bonds is 2. The summed E-state index contributed by atoms with van der Waals surface area (Å²) >= 11 is 0. The van der Waals surface area contributed by atoms with Crippen LogP contribution in [0.5, 0.6) is 5.88 Å². The van der Waals surface area contributed by atoms with Crippen molar-refractivity contribution in [1.82, 2.24) is 19.4 Å². The van der Waals surface area contributed by atoms with E-state index in [0.717, 1.165) is 25.9 Å². The Bertz CT molecular complexity index is 855. The van der Waals surface area contributed by atoms with Crippen LogP contribution in [0.1, 0.15) is 39.7 Å². The zero-order valence-corrected chi connectivity index (χ0v) is 14.6. The van der Waals surface area contributed by atoms with Gasteiger partial charge in [-0.1, -0.05) is 0 Å². The van der Waals surface area contributed by atoms with E-state index in [9.17, 15) is 9.59 Å². The van der Waals surface area contributed by atoms with Crippen LogP contribution in [0.25, 0.3) is 11.2 Å². The molecule has 130 valence electrons. The van der Waals surface area contributed by atoms with Crippen molar-refractivity contribution in [1.29, 1.82) is 0 Å². The molecule has 0 bridgehead atoms. The van der Waals surface area contributed by atoms with E-state index in [1.807, 2.05) is 0 Å². The first-order valence-corrected chi connectivity index (χ1v) is 8.26. The van der Waals surface area contributed by atoms with Crippen LogP contribution >= 0.6 is 0 Å². The van der Waals surface area contributed by atoms with Crippen molar-refractivity contribution >= 4 is 11.2 Å². The van der Waals surface area contributed by atoms with Crippen LogP contribution in [0.15, 0.2) is 21.7 Å². The van der Waals surface area contributed by atoms with Crippen molar-refractivity contribution in [3.8, 4) is 5.88 Å². The second-order valence-electron chi connectivity index (χ2n) is 7.24. The molecule has 0 radical (unpaired) electrons. The van der Waals surface area contributed by atoms with Gasteiger partial charge in [-0.2, -0.15) is 4.98 Å². The number of methoxy groups -OCH3 is 1. The summed E-state index contributed by atoms with van der Waals surface area (Å²) in [6, 6.07) is 3.37. The maximum atomic E-state index is 12.5. The average Bonchev–Trinajstić information content (AvgIpc) is 2.55. The number of hydrogen-bond donors (Lipinski definition) is 1. The van der Waals surface area contributed by atoms with Gasteiger partial charge in [0.2, 0.25) is 5.88 Å². The van der Waals surface area contributed by atoms with E-state index in [2.05, 4.69) is 35.6 Å². The fourth-order valence-corrected chi connectivity index (χ4v) is 3.34. The predicted molar refractivity (Wildman–Crippen MR) is 92.8 cm³/mol. The zero-order chi connectivity index (χ0) is 17.5. The summed E-state index contributed by atoms with van der Waals surface area (Å²) in [6.45, 7) is 8.34. The Labute approximate surface area is 140 Å². The highest BCUT2D eigenvalue weighted by Crippen LogP contribution is 2.27. The Morgan fingerprint density at radius 2 is 1.88 bits per heavy atom. The second kappa shape index (κ2) is 6.05. The molecule has 7 nitrogen and oxygen atoms in total. The first-order valence-electron chi connectivity index (χ1n) is 8.26. The predicted octanol–water partition coefficient (Wildman–Crippen LogP) is 1.53. The Kier molecular flexibility index (Phi) is 4.21. The molecule has 3 heterocycles. The van der Waals surface area contributed by atoms with Gasteiger partial charge in [-0.3, -0.25) is 19.1 Å². The number of piperidine rings is 1. The van der Waals surface area contributed by atoms with Crippen molar-refractivity contribution < 1.29 is 4.74 Å². The quantitative estimate of drug-likeness (QED) is 0.844. The van der Waals surface area contributed by atoms with Crippen molar-refractivity contribution in [2.24, 2.45) is 0 Å². The van der Waals surface area contributed by atoms with Gasteiger partial charge in [0.05, 0.1) is 12.6 Å². The van der Waals surface area contributed by atoms with E-state index < -0.39 is 11.1 Å². The summed E-state index contributed by atoms with van der Waals surface area (Å²) in [6.07, 6.45) is 1.63. The third-order valence-corrected chi connectivity index (χ3v) is 4.73. The minimum Gasteiger partial charge on any atom is -0.481 e. The molecule has 1 saturated heterocycles. The first-order chi connectivity index (χ1) is 11.3. The molecule has 1 aliphatic heterocycles. The van der Waals surface area contributed by atoms with Crippen LogP contribution < -0.4 is 15.9 Å². The molecule has 1 fully saturated rings. The number of aromatic amines is 1. The molecule has 0 aliphatic carbocycles. The van der Waals surface area contributed by atoms with Gasteiger partial charge in [-0.05, 0) is 39.7 Å². The molecule has 0 aromatic carbocycles. The Hall–Kier alpha value is -2.15. The van der Waals surface area contributed by atoms with Crippen LogP contribution in [0.4, 0.5) is 0 Å². The van der Waals surface area contributed by atoms with Crippen LogP contribution in [-0.2, 0) is 0 Å². The van der Waals surface area contributed by atoms with Gasteiger partial charge in [-0.15, -0.1) is 0 Å². The van der Waals surface area contributed by atoms with Crippen LogP contribution in [0, 0.1) is 0 Å². The minimum absolute atomic E-state index is 0.0273. The molecule has 0 amide bonds. The number of pyridine rings is 1. The Balaban J connectivity index is 2.04. The highest BCUT2D eigenvalue weighted by Gasteiger charge is 2.29. The standard InChI is InChI=1S/C17H24N4O3/c1-17(2,3)20-9-7-11(8-10-20)21-14-12(18-15(22)16(21)23)5-6-13(19-14)24-4/h5-6,11H,7-10H2,1-4H3,(H,18,22). The van der Waals surface area contributed by atoms with Crippen LogP contribution in [0.2, 0.25) is 0 Å². The monoisotopic (exact) mass is 332 g/mol. The lowest BCUT2D eigenvalue weighted by Crippen LogP contribution is -2.48.